The number of para-hydroxylation sites is 1. The SMILES string of the molecule is COc1cccc(Br)c1OCc1ccccc1CC(=O)O. The molecule has 21 heavy (non-hydrogen) atoms. The highest BCUT2D eigenvalue weighted by atomic mass is 79.9. The lowest BCUT2D eigenvalue weighted by molar-refractivity contribution is -0.136. The van der Waals surface area contributed by atoms with Gasteiger partial charge in [0.2, 0.25) is 0 Å². The molecule has 0 bridgehead atoms. The lowest BCUT2D eigenvalue weighted by Crippen LogP contribution is -2.06. The number of rotatable bonds is 6. The quantitative estimate of drug-likeness (QED) is 0.863. The summed E-state index contributed by atoms with van der Waals surface area (Å²) in [5.41, 5.74) is 1.59. The van der Waals surface area contributed by atoms with E-state index in [1.165, 1.54) is 0 Å². The van der Waals surface area contributed by atoms with Crippen LogP contribution in [0, 0.1) is 0 Å². The Morgan fingerprint density at radius 3 is 2.52 bits per heavy atom. The molecule has 110 valence electrons. The van der Waals surface area contributed by atoms with Crippen molar-refractivity contribution in [3.8, 4) is 11.5 Å². The van der Waals surface area contributed by atoms with Gasteiger partial charge in [0.05, 0.1) is 18.0 Å². The maximum atomic E-state index is 10.9. The van der Waals surface area contributed by atoms with Gasteiger partial charge in [-0.3, -0.25) is 4.79 Å². The smallest absolute Gasteiger partial charge is 0.307 e. The van der Waals surface area contributed by atoms with Crippen LogP contribution in [0.5, 0.6) is 11.5 Å². The van der Waals surface area contributed by atoms with Crippen molar-refractivity contribution in [3.05, 3.63) is 58.1 Å². The highest BCUT2D eigenvalue weighted by Crippen LogP contribution is 2.35. The van der Waals surface area contributed by atoms with Crippen LogP contribution in [0.2, 0.25) is 0 Å². The summed E-state index contributed by atoms with van der Waals surface area (Å²) in [6.07, 6.45) is -0.0212. The van der Waals surface area contributed by atoms with E-state index in [1.54, 1.807) is 13.2 Å². The second-order valence-corrected chi connectivity index (χ2v) is 5.25. The van der Waals surface area contributed by atoms with E-state index < -0.39 is 5.97 Å². The van der Waals surface area contributed by atoms with Gasteiger partial charge in [-0.1, -0.05) is 30.3 Å². The van der Waals surface area contributed by atoms with Crippen LogP contribution in [0.4, 0.5) is 0 Å². The van der Waals surface area contributed by atoms with Crippen LogP contribution in [0.3, 0.4) is 0 Å². The number of methoxy groups -OCH3 is 1. The number of carbonyl (C=O) groups is 1. The van der Waals surface area contributed by atoms with Gasteiger partial charge in [0.1, 0.15) is 6.61 Å². The van der Waals surface area contributed by atoms with Crippen molar-refractivity contribution in [1.82, 2.24) is 0 Å². The fourth-order valence-electron chi connectivity index (χ4n) is 1.97. The largest absolute Gasteiger partial charge is 0.493 e. The first-order valence-electron chi connectivity index (χ1n) is 6.35. The number of hydrogen-bond acceptors (Lipinski definition) is 3. The Hall–Kier alpha value is -2.01. The normalized spacial score (nSPS) is 10.2. The van der Waals surface area contributed by atoms with Gasteiger partial charge in [0.25, 0.3) is 0 Å². The Labute approximate surface area is 131 Å². The third-order valence-electron chi connectivity index (χ3n) is 2.98. The Kier molecular flexibility index (Phi) is 5.22. The molecule has 4 nitrogen and oxygen atoms in total. The van der Waals surface area contributed by atoms with Gasteiger partial charge in [-0.2, -0.15) is 0 Å². The minimum atomic E-state index is -0.860. The fraction of sp³-hybridized carbons (Fsp3) is 0.188. The zero-order valence-electron chi connectivity index (χ0n) is 11.5. The minimum Gasteiger partial charge on any atom is -0.493 e. The lowest BCUT2D eigenvalue weighted by atomic mass is 10.1. The average Bonchev–Trinajstić information content (AvgIpc) is 2.46. The molecular formula is C16H15BrO4. The number of carboxylic acid groups (broad SMARTS) is 1. The van der Waals surface area contributed by atoms with Gasteiger partial charge < -0.3 is 14.6 Å². The summed E-state index contributed by atoms with van der Waals surface area (Å²) < 4.78 is 11.9. The fourth-order valence-corrected chi connectivity index (χ4v) is 2.44. The van der Waals surface area contributed by atoms with Crippen molar-refractivity contribution in [2.24, 2.45) is 0 Å². The first-order valence-corrected chi connectivity index (χ1v) is 7.15. The second-order valence-electron chi connectivity index (χ2n) is 4.40. The van der Waals surface area contributed by atoms with E-state index >= 15 is 0 Å². The van der Waals surface area contributed by atoms with Crippen LogP contribution in [-0.2, 0) is 17.8 Å². The van der Waals surface area contributed by atoms with Crippen molar-refractivity contribution >= 4 is 21.9 Å². The molecule has 0 radical (unpaired) electrons. The predicted molar refractivity (Wildman–Crippen MR) is 82.8 cm³/mol. The monoisotopic (exact) mass is 350 g/mol. The van der Waals surface area contributed by atoms with Crippen molar-refractivity contribution in [2.45, 2.75) is 13.0 Å². The van der Waals surface area contributed by atoms with Crippen LogP contribution in [0.1, 0.15) is 11.1 Å². The molecule has 2 aromatic carbocycles. The number of ether oxygens (including phenoxy) is 2. The zero-order valence-corrected chi connectivity index (χ0v) is 13.1. The molecule has 0 fully saturated rings. The van der Waals surface area contributed by atoms with Crippen molar-refractivity contribution in [1.29, 1.82) is 0 Å². The molecule has 0 aliphatic heterocycles. The molecule has 2 aromatic rings. The summed E-state index contributed by atoms with van der Waals surface area (Å²) in [5, 5.41) is 8.93. The van der Waals surface area contributed by atoms with Gasteiger partial charge in [-0.05, 0) is 39.2 Å². The molecule has 0 heterocycles. The molecule has 1 N–H and O–H groups in total. The zero-order chi connectivity index (χ0) is 15.2. The molecule has 0 spiro atoms. The van der Waals surface area contributed by atoms with Crippen LogP contribution < -0.4 is 9.47 Å². The van der Waals surface area contributed by atoms with E-state index in [-0.39, 0.29) is 13.0 Å². The van der Waals surface area contributed by atoms with Crippen molar-refractivity contribution in [2.75, 3.05) is 7.11 Å². The minimum absolute atomic E-state index is 0.0212. The maximum Gasteiger partial charge on any atom is 0.307 e. The van der Waals surface area contributed by atoms with Gasteiger partial charge in [-0.25, -0.2) is 0 Å². The Morgan fingerprint density at radius 2 is 1.86 bits per heavy atom. The molecule has 5 heteroatoms. The number of carboxylic acids is 1. The third-order valence-corrected chi connectivity index (χ3v) is 3.61. The average molecular weight is 351 g/mol. The van der Waals surface area contributed by atoms with Gasteiger partial charge >= 0.3 is 5.97 Å². The summed E-state index contributed by atoms with van der Waals surface area (Å²) in [6.45, 7) is 0.280. The number of benzene rings is 2. The Morgan fingerprint density at radius 1 is 1.14 bits per heavy atom. The summed E-state index contributed by atoms with van der Waals surface area (Å²) in [4.78, 5) is 10.9. The van der Waals surface area contributed by atoms with Crippen LogP contribution >= 0.6 is 15.9 Å². The number of hydrogen-bond donors (Lipinski definition) is 1. The van der Waals surface area contributed by atoms with E-state index in [2.05, 4.69) is 15.9 Å². The number of halogens is 1. The first kappa shape index (κ1) is 15.4. The van der Waals surface area contributed by atoms with Crippen LogP contribution in [0.15, 0.2) is 46.9 Å². The Balaban J connectivity index is 2.19. The maximum absolute atomic E-state index is 10.9. The van der Waals surface area contributed by atoms with E-state index in [1.807, 2.05) is 36.4 Å². The van der Waals surface area contributed by atoms with Crippen LogP contribution in [-0.4, -0.2) is 18.2 Å². The summed E-state index contributed by atoms with van der Waals surface area (Å²) in [5.74, 6) is 0.367. The molecule has 0 saturated heterocycles. The Bertz CT molecular complexity index is 640. The van der Waals surface area contributed by atoms with Crippen molar-refractivity contribution in [3.63, 3.8) is 0 Å². The molecule has 0 aromatic heterocycles. The second kappa shape index (κ2) is 7.13. The van der Waals surface area contributed by atoms with Gasteiger partial charge in [-0.15, -0.1) is 0 Å². The molecule has 0 unspecified atom stereocenters. The van der Waals surface area contributed by atoms with E-state index in [0.29, 0.717) is 11.5 Å². The third kappa shape index (κ3) is 3.98. The summed E-state index contributed by atoms with van der Waals surface area (Å²) >= 11 is 3.42. The topological polar surface area (TPSA) is 55.8 Å². The summed E-state index contributed by atoms with van der Waals surface area (Å²) in [6, 6.07) is 12.9. The van der Waals surface area contributed by atoms with Gasteiger partial charge in [0, 0.05) is 0 Å². The molecular weight excluding hydrogens is 336 g/mol. The highest BCUT2D eigenvalue weighted by Gasteiger charge is 2.11. The number of aliphatic carboxylic acids is 1. The molecule has 0 aliphatic rings. The predicted octanol–water partition coefficient (Wildman–Crippen LogP) is 3.66. The molecule has 2 rings (SSSR count). The standard InChI is InChI=1S/C16H15BrO4/c1-20-14-8-4-7-13(17)16(14)21-10-12-6-3-2-5-11(12)9-15(18)19/h2-8H,9-10H2,1H3,(H,18,19). The highest BCUT2D eigenvalue weighted by molar-refractivity contribution is 9.10. The van der Waals surface area contributed by atoms with E-state index in [4.69, 9.17) is 14.6 Å². The first-order chi connectivity index (χ1) is 10.1. The molecule has 0 aliphatic carbocycles. The van der Waals surface area contributed by atoms with E-state index in [9.17, 15) is 4.79 Å². The van der Waals surface area contributed by atoms with Crippen LogP contribution in [0.25, 0.3) is 0 Å². The van der Waals surface area contributed by atoms with E-state index in [0.717, 1.165) is 15.6 Å². The lowest BCUT2D eigenvalue weighted by Gasteiger charge is -2.14. The van der Waals surface area contributed by atoms with Gasteiger partial charge in [0.15, 0.2) is 11.5 Å². The molecule has 0 saturated carbocycles. The molecule has 0 amide bonds. The van der Waals surface area contributed by atoms with Crippen molar-refractivity contribution < 1.29 is 19.4 Å². The molecule has 0 atom stereocenters. The summed E-state index contributed by atoms with van der Waals surface area (Å²) in [7, 11) is 1.58.